The van der Waals surface area contributed by atoms with Crippen molar-refractivity contribution in [3.05, 3.63) is 52.9 Å². The molecule has 2 aliphatic carbocycles. The molecule has 0 saturated heterocycles. The number of hydrogen-bond acceptors (Lipinski definition) is 3. The molecule has 1 heterocycles. The summed E-state index contributed by atoms with van der Waals surface area (Å²) >= 11 is 0. The lowest BCUT2D eigenvalue weighted by atomic mass is 9.87. The molecule has 1 atom stereocenters. The SMILES string of the molecule is CC1(C)C[C@]1(CNC(=O)c1onc2c1CCCC2)c1ccccc1. The van der Waals surface area contributed by atoms with E-state index in [1.165, 1.54) is 5.56 Å². The fourth-order valence-corrected chi connectivity index (χ4v) is 4.24. The average Bonchev–Trinajstić information content (AvgIpc) is 2.95. The molecule has 4 heteroatoms. The van der Waals surface area contributed by atoms with E-state index in [2.05, 4.69) is 48.6 Å². The van der Waals surface area contributed by atoms with Gasteiger partial charge in [-0.15, -0.1) is 0 Å². The van der Waals surface area contributed by atoms with Crippen LogP contribution in [0.1, 0.15) is 60.5 Å². The van der Waals surface area contributed by atoms with Crippen molar-refractivity contribution in [2.75, 3.05) is 6.54 Å². The highest BCUT2D eigenvalue weighted by molar-refractivity contribution is 5.93. The molecule has 1 fully saturated rings. The van der Waals surface area contributed by atoms with Gasteiger partial charge >= 0.3 is 0 Å². The fourth-order valence-electron chi connectivity index (χ4n) is 4.24. The Morgan fingerprint density at radius 2 is 1.92 bits per heavy atom. The zero-order chi connectivity index (χ0) is 16.8. The molecule has 0 aliphatic heterocycles. The number of carbonyl (C=O) groups is 1. The highest BCUT2D eigenvalue weighted by Gasteiger charge is 2.61. The van der Waals surface area contributed by atoms with Gasteiger partial charge in [0.2, 0.25) is 5.76 Å². The molecule has 4 rings (SSSR count). The van der Waals surface area contributed by atoms with Gasteiger partial charge in [-0.1, -0.05) is 49.3 Å². The number of nitrogens with zero attached hydrogens (tertiary/aromatic N) is 1. The Morgan fingerprint density at radius 3 is 2.62 bits per heavy atom. The summed E-state index contributed by atoms with van der Waals surface area (Å²) in [6.45, 7) is 5.17. The average molecular weight is 324 g/mol. The van der Waals surface area contributed by atoms with E-state index in [-0.39, 0.29) is 16.7 Å². The van der Waals surface area contributed by atoms with Crippen molar-refractivity contribution in [1.82, 2.24) is 10.5 Å². The molecule has 0 bridgehead atoms. The summed E-state index contributed by atoms with van der Waals surface area (Å²) in [7, 11) is 0. The molecule has 1 N–H and O–H groups in total. The number of aromatic nitrogens is 1. The Hall–Kier alpha value is -2.10. The molecule has 1 saturated carbocycles. The number of amides is 1. The second-order valence-corrected chi connectivity index (χ2v) is 7.84. The van der Waals surface area contributed by atoms with E-state index >= 15 is 0 Å². The van der Waals surface area contributed by atoms with Crippen LogP contribution in [0.3, 0.4) is 0 Å². The third-order valence-corrected chi connectivity index (χ3v) is 5.96. The Balaban J connectivity index is 1.52. The minimum absolute atomic E-state index is 0.0179. The Kier molecular flexibility index (Phi) is 3.52. The van der Waals surface area contributed by atoms with Crippen LogP contribution in [0.5, 0.6) is 0 Å². The zero-order valence-corrected chi connectivity index (χ0v) is 14.4. The molecule has 24 heavy (non-hydrogen) atoms. The molecule has 126 valence electrons. The molecule has 1 aromatic heterocycles. The van der Waals surface area contributed by atoms with Crippen LogP contribution < -0.4 is 5.32 Å². The maximum atomic E-state index is 12.6. The van der Waals surface area contributed by atoms with E-state index in [1.807, 2.05) is 6.07 Å². The second-order valence-electron chi connectivity index (χ2n) is 7.84. The molecular formula is C20H24N2O2. The van der Waals surface area contributed by atoms with Crippen LogP contribution in [0.2, 0.25) is 0 Å². The van der Waals surface area contributed by atoms with Gasteiger partial charge in [-0.05, 0) is 43.1 Å². The number of carbonyl (C=O) groups excluding carboxylic acids is 1. The summed E-state index contributed by atoms with van der Waals surface area (Å²) in [5.41, 5.74) is 3.50. The molecule has 0 spiro atoms. The van der Waals surface area contributed by atoms with Crippen molar-refractivity contribution in [3.8, 4) is 0 Å². The van der Waals surface area contributed by atoms with Crippen LogP contribution in [0, 0.1) is 5.41 Å². The number of fused-ring (bicyclic) bond motifs is 1. The summed E-state index contributed by atoms with van der Waals surface area (Å²) in [4.78, 5) is 12.6. The third-order valence-electron chi connectivity index (χ3n) is 5.96. The van der Waals surface area contributed by atoms with Gasteiger partial charge in [-0.2, -0.15) is 0 Å². The van der Waals surface area contributed by atoms with Crippen molar-refractivity contribution in [1.29, 1.82) is 0 Å². The van der Waals surface area contributed by atoms with E-state index < -0.39 is 0 Å². The van der Waals surface area contributed by atoms with Gasteiger partial charge in [0.25, 0.3) is 5.91 Å². The van der Waals surface area contributed by atoms with E-state index in [9.17, 15) is 4.79 Å². The Labute approximate surface area is 142 Å². The monoisotopic (exact) mass is 324 g/mol. The lowest BCUT2D eigenvalue weighted by molar-refractivity contribution is 0.0909. The van der Waals surface area contributed by atoms with E-state index in [4.69, 9.17) is 4.52 Å². The van der Waals surface area contributed by atoms with Gasteiger partial charge < -0.3 is 9.84 Å². The van der Waals surface area contributed by atoms with Gasteiger partial charge in [0, 0.05) is 17.5 Å². The maximum absolute atomic E-state index is 12.6. The van der Waals surface area contributed by atoms with Crippen LogP contribution >= 0.6 is 0 Å². The van der Waals surface area contributed by atoms with Crippen LogP contribution in [0.15, 0.2) is 34.9 Å². The standard InChI is InChI=1S/C20H24N2O2/c1-19(2)12-20(19,14-8-4-3-5-9-14)13-21-18(23)17-15-10-6-7-11-16(15)22-24-17/h3-5,8-9H,6-7,10-13H2,1-2H3,(H,21,23)/t20-/m0/s1. The first-order valence-corrected chi connectivity index (χ1v) is 8.85. The van der Waals surface area contributed by atoms with Gasteiger partial charge in [0.1, 0.15) is 0 Å². The zero-order valence-electron chi connectivity index (χ0n) is 14.4. The lowest BCUT2D eigenvalue weighted by Crippen LogP contribution is -2.35. The largest absolute Gasteiger partial charge is 0.350 e. The summed E-state index contributed by atoms with van der Waals surface area (Å²) in [5.74, 6) is 0.301. The number of rotatable bonds is 4. The number of aryl methyl sites for hydroxylation is 1. The third kappa shape index (κ3) is 2.36. The number of hydrogen-bond donors (Lipinski definition) is 1. The topological polar surface area (TPSA) is 55.1 Å². The highest BCUT2D eigenvalue weighted by Crippen LogP contribution is 2.63. The molecule has 2 aromatic rings. The summed E-state index contributed by atoms with van der Waals surface area (Å²) in [6, 6.07) is 10.5. The highest BCUT2D eigenvalue weighted by atomic mass is 16.5. The predicted molar refractivity (Wildman–Crippen MR) is 92.0 cm³/mol. The predicted octanol–water partition coefficient (Wildman–Crippen LogP) is 3.65. The smallest absolute Gasteiger partial charge is 0.290 e. The lowest BCUT2D eigenvalue weighted by Gasteiger charge is -2.21. The molecule has 4 nitrogen and oxygen atoms in total. The molecule has 0 unspecified atom stereocenters. The maximum Gasteiger partial charge on any atom is 0.290 e. The molecule has 0 radical (unpaired) electrons. The number of nitrogens with one attached hydrogen (secondary N) is 1. The van der Waals surface area contributed by atoms with E-state index in [1.54, 1.807) is 0 Å². The Bertz CT molecular complexity index is 763. The van der Waals surface area contributed by atoms with Crippen molar-refractivity contribution < 1.29 is 9.32 Å². The quantitative estimate of drug-likeness (QED) is 0.934. The van der Waals surface area contributed by atoms with Crippen LogP contribution in [-0.2, 0) is 18.3 Å². The first-order chi connectivity index (χ1) is 11.5. The molecule has 1 aromatic carbocycles. The minimum Gasteiger partial charge on any atom is -0.350 e. The summed E-state index contributed by atoms with van der Waals surface area (Å²) in [6.07, 6.45) is 5.14. The minimum atomic E-state index is -0.122. The van der Waals surface area contributed by atoms with Crippen molar-refractivity contribution in [2.24, 2.45) is 5.41 Å². The fraction of sp³-hybridized carbons (Fsp3) is 0.500. The van der Waals surface area contributed by atoms with Crippen LogP contribution in [0.4, 0.5) is 0 Å². The van der Waals surface area contributed by atoms with Crippen molar-refractivity contribution >= 4 is 5.91 Å². The normalized spacial score (nSPS) is 24.2. The summed E-state index contributed by atoms with van der Waals surface area (Å²) in [5, 5.41) is 7.21. The van der Waals surface area contributed by atoms with Crippen molar-refractivity contribution in [3.63, 3.8) is 0 Å². The molecule has 2 aliphatic rings. The Morgan fingerprint density at radius 1 is 1.21 bits per heavy atom. The van der Waals surface area contributed by atoms with Crippen LogP contribution in [-0.4, -0.2) is 17.6 Å². The first kappa shape index (κ1) is 15.4. The van der Waals surface area contributed by atoms with Gasteiger partial charge in [0.15, 0.2) is 0 Å². The van der Waals surface area contributed by atoms with E-state index in [0.717, 1.165) is 43.4 Å². The van der Waals surface area contributed by atoms with Crippen LogP contribution in [0.25, 0.3) is 0 Å². The van der Waals surface area contributed by atoms with E-state index in [0.29, 0.717) is 12.3 Å². The molecular weight excluding hydrogens is 300 g/mol. The van der Waals surface area contributed by atoms with Gasteiger partial charge in [-0.25, -0.2) is 0 Å². The number of benzene rings is 1. The summed E-state index contributed by atoms with van der Waals surface area (Å²) < 4.78 is 5.36. The molecule has 1 amide bonds. The second kappa shape index (κ2) is 5.47. The van der Waals surface area contributed by atoms with Gasteiger partial charge in [0.05, 0.1) is 5.69 Å². The van der Waals surface area contributed by atoms with Gasteiger partial charge in [-0.3, -0.25) is 4.79 Å². The first-order valence-electron chi connectivity index (χ1n) is 8.85. The van der Waals surface area contributed by atoms with Crippen molar-refractivity contribution in [2.45, 2.75) is 51.4 Å².